The molecule has 0 saturated carbocycles. The predicted octanol–water partition coefficient (Wildman–Crippen LogP) is 16.3. The highest BCUT2D eigenvalue weighted by molar-refractivity contribution is 6.26. The van der Waals surface area contributed by atoms with Gasteiger partial charge in [-0.15, -0.1) is 0 Å². The van der Waals surface area contributed by atoms with E-state index in [9.17, 15) is 0 Å². The summed E-state index contributed by atoms with van der Waals surface area (Å²) in [4.78, 5) is 0. The molecule has 0 N–H and O–H groups in total. The molecule has 15 rings (SSSR count). The lowest BCUT2D eigenvalue weighted by atomic mass is 9.69. The molecule has 13 aromatic rings. The summed E-state index contributed by atoms with van der Waals surface area (Å²) in [5.74, 6) is 0. The molecule has 0 nitrogen and oxygen atoms in total. The monoisotopic (exact) mass is 766 g/mol. The summed E-state index contributed by atoms with van der Waals surface area (Å²) in [5.41, 5.74) is 15.4. The van der Waals surface area contributed by atoms with E-state index in [1.165, 1.54) is 142 Å². The molecule has 2 aliphatic rings. The third-order valence-electron chi connectivity index (χ3n) is 14.7. The topological polar surface area (TPSA) is 0 Å². The molecule has 0 radical (unpaired) electrons. The number of rotatable bonds is 2. The van der Waals surface area contributed by atoms with Crippen molar-refractivity contribution in [3.05, 3.63) is 229 Å². The summed E-state index contributed by atoms with van der Waals surface area (Å²) in [6.45, 7) is 0. The van der Waals surface area contributed by atoms with E-state index >= 15 is 0 Å². The van der Waals surface area contributed by atoms with Crippen molar-refractivity contribution >= 4 is 75.4 Å². The van der Waals surface area contributed by atoms with Crippen molar-refractivity contribution in [2.24, 2.45) is 0 Å². The van der Waals surface area contributed by atoms with E-state index in [-0.39, 0.29) is 0 Å². The molecule has 2 aliphatic carbocycles. The molecule has 0 bridgehead atoms. The first kappa shape index (κ1) is 32.1. The third kappa shape index (κ3) is 3.96. The Balaban J connectivity index is 0.980. The molecule has 0 amide bonds. The minimum atomic E-state index is -0.474. The average molecular weight is 767 g/mol. The van der Waals surface area contributed by atoms with Crippen molar-refractivity contribution in [2.45, 2.75) is 5.41 Å². The van der Waals surface area contributed by atoms with Gasteiger partial charge < -0.3 is 0 Å². The minimum Gasteiger partial charge on any atom is -0.0619 e. The van der Waals surface area contributed by atoms with E-state index < -0.39 is 5.41 Å². The number of hydrogen-bond acceptors (Lipinski definition) is 0. The van der Waals surface area contributed by atoms with Crippen molar-refractivity contribution in [1.82, 2.24) is 0 Å². The Morgan fingerprint density at radius 3 is 1.38 bits per heavy atom. The zero-order valence-corrected chi connectivity index (χ0v) is 33.1. The molecule has 1 spiro atoms. The van der Waals surface area contributed by atoms with Crippen molar-refractivity contribution in [2.75, 3.05) is 0 Å². The summed E-state index contributed by atoms with van der Waals surface area (Å²) in [6.07, 6.45) is 0. The first-order valence-corrected chi connectivity index (χ1v) is 21.5. The molecule has 0 aliphatic heterocycles. The second-order valence-electron chi connectivity index (χ2n) is 17.5. The van der Waals surface area contributed by atoms with E-state index in [4.69, 9.17) is 0 Å². The van der Waals surface area contributed by atoms with Gasteiger partial charge in [-0.25, -0.2) is 0 Å². The summed E-state index contributed by atoms with van der Waals surface area (Å²) < 4.78 is 0. The van der Waals surface area contributed by atoms with Crippen LogP contribution < -0.4 is 0 Å². The lowest BCUT2D eigenvalue weighted by Gasteiger charge is -2.32. The van der Waals surface area contributed by atoms with E-state index in [0.717, 1.165) is 0 Å². The van der Waals surface area contributed by atoms with Gasteiger partial charge in [-0.3, -0.25) is 0 Å². The second-order valence-corrected chi connectivity index (χ2v) is 17.5. The maximum absolute atomic E-state index is 2.53. The molecule has 0 unspecified atom stereocenters. The number of fused-ring (bicyclic) bond motifs is 12. The van der Waals surface area contributed by atoms with Gasteiger partial charge in [0.05, 0.1) is 5.41 Å². The largest absolute Gasteiger partial charge is 0.0731 e. The van der Waals surface area contributed by atoms with Gasteiger partial charge in [0, 0.05) is 0 Å². The van der Waals surface area contributed by atoms with Crippen LogP contribution in [0.15, 0.2) is 206 Å². The first-order chi connectivity index (χ1) is 30.2. The fourth-order valence-electron chi connectivity index (χ4n) is 12.2. The van der Waals surface area contributed by atoms with Crippen LogP contribution >= 0.6 is 0 Å². The molecule has 0 heteroatoms. The van der Waals surface area contributed by atoms with Crippen LogP contribution in [-0.2, 0) is 5.41 Å². The summed E-state index contributed by atoms with van der Waals surface area (Å²) in [6, 6.07) is 78.8. The number of benzene rings is 13. The Hall–Kier alpha value is -7.80. The molecule has 0 saturated heterocycles. The van der Waals surface area contributed by atoms with Gasteiger partial charge in [-0.2, -0.15) is 0 Å². The van der Waals surface area contributed by atoms with E-state index in [2.05, 4.69) is 206 Å². The van der Waals surface area contributed by atoms with Crippen LogP contribution in [0.1, 0.15) is 22.3 Å². The fourth-order valence-corrected chi connectivity index (χ4v) is 12.2. The molecule has 0 heterocycles. The maximum Gasteiger partial charge on any atom is 0.0731 e. The van der Waals surface area contributed by atoms with Crippen LogP contribution in [-0.4, -0.2) is 0 Å². The molecule has 0 fully saturated rings. The minimum absolute atomic E-state index is 0.474. The quantitative estimate of drug-likeness (QED) is 0.154. The van der Waals surface area contributed by atoms with Gasteiger partial charge in [-0.1, -0.05) is 182 Å². The van der Waals surface area contributed by atoms with E-state index in [1.807, 2.05) is 0 Å². The Morgan fingerprint density at radius 1 is 0.230 bits per heavy atom. The molecule has 0 aromatic heterocycles. The maximum atomic E-state index is 2.53. The summed E-state index contributed by atoms with van der Waals surface area (Å²) in [7, 11) is 0. The van der Waals surface area contributed by atoms with Crippen LogP contribution in [0, 0.1) is 0 Å². The lowest BCUT2D eigenvalue weighted by molar-refractivity contribution is 0.801. The summed E-state index contributed by atoms with van der Waals surface area (Å²) in [5, 5.41) is 18.4. The van der Waals surface area contributed by atoms with Gasteiger partial charge in [-0.05, 0) is 166 Å². The molecule has 0 atom stereocenters. The molecular formula is C61H34. The average Bonchev–Trinajstić information content (AvgIpc) is 3.79. The molecule has 13 aromatic carbocycles. The Morgan fingerprint density at radius 2 is 0.689 bits per heavy atom. The Kier molecular flexibility index (Phi) is 5.93. The molecular weight excluding hydrogens is 733 g/mol. The van der Waals surface area contributed by atoms with Crippen molar-refractivity contribution < 1.29 is 0 Å². The van der Waals surface area contributed by atoms with Gasteiger partial charge >= 0.3 is 0 Å². The smallest absolute Gasteiger partial charge is 0.0619 e. The van der Waals surface area contributed by atoms with Gasteiger partial charge in [0.2, 0.25) is 0 Å². The zero-order chi connectivity index (χ0) is 39.6. The lowest BCUT2D eigenvalue weighted by Crippen LogP contribution is -2.26. The van der Waals surface area contributed by atoms with Crippen molar-refractivity contribution in [1.29, 1.82) is 0 Å². The van der Waals surface area contributed by atoms with E-state index in [0.29, 0.717) is 0 Å². The molecule has 278 valence electrons. The summed E-state index contributed by atoms with van der Waals surface area (Å²) >= 11 is 0. The van der Waals surface area contributed by atoms with Crippen LogP contribution in [0.2, 0.25) is 0 Å². The van der Waals surface area contributed by atoms with Crippen LogP contribution in [0.3, 0.4) is 0 Å². The normalized spacial score (nSPS) is 13.7. The first-order valence-electron chi connectivity index (χ1n) is 21.5. The molecule has 61 heavy (non-hydrogen) atoms. The predicted molar refractivity (Wildman–Crippen MR) is 259 cm³/mol. The van der Waals surface area contributed by atoms with Gasteiger partial charge in [0.25, 0.3) is 0 Å². The van der Waals surface area contributed by atoms with Crippen LogP contribution in [0.4, 0.5) is 0 Å². The second kappa shape index (κ2) is 11.3. The Bertz CT molecular complexity index is 3920. The van der Waals surface area contributed by atoms with Crippen molar-refractivity contribution in [3.8, 4) is 44.5 Å². The van der Waals surface area contributed by atoms with Crippen molar-refractivity contribution in [3.63, 3.8) is 0 Å². The van der Waals surface area contributed by atoms with Crippen LogP contribution in [0.5, 0.6) is 0 Å². The highest BCUT2D eigenvalue weighted by atomic mass is 14.5. The van der Waals surface area contributed by atoms with Gasteiger partial charge in [0.1, 0.15) is 0 Å². The standard InChI is InChI=1S/C61H34/c1-3-13-53-48(11-1)49-12-2-4-14-54(49)61(53)55-34-40(45-32-43-19-17-35-7-5-8-36-18-20-44(33-45)58(43)56(35)36)23-28-50(55)52-30-25-42-31-41(24-27-47(42)60(52)61)46-26-21-39-16-15-37-9-6-10-38-22-29-51(46)59(39)57(37)38/h1-34H. The Labute approximate surface area is 352 Å². The highest BCUT2D eigenvalue weighted by Gasteiger charge is 2.52. The van der Waals surface area contributed by atoms with Crippen LogP contribution in [0.25, 0.3) is 120 Å². The fraction of sp³-hybridized carbons (Fsp3) is 0.0164. The highest BCUT2D eigenvalue weighted by Crippen LogP contribution is 2.64. The number of hydrogen-bond donors (Lipinski definition) is 0. The van der Waals surface area contributed by atoms with E-state index in [1.54, 1.807) is 0 Å². The third-order valence-corrected chi connectivity index (χ3v) is 14.7. The SMILES string of the molecule is c1ccc2c(c1)-c1ccccc1C21c2cc(-c3cc4ccc5cccc6ccc(c3)c4c56)ccc2-c2ccc3cc(-c4ccc5ccc6cccc7ccc4c5c67)ccc3c21. The zero-order valence-electron chi connectivity index (χ0n) is 33.1. The van der Waals surface area contributed by atoms with Gasteiger partial charge in [0.15, 0.2) is 0 Å².